The van der Waals surface area contributed by atoms with E-state index in [0.29, 0.717) is 11.1 Å². The largest absolute Gasteiger partial charge is 0.416 e. The molecule has 1 aromatic carbocycles. The number of carbonyl (C=O) groups excluding carboxylic acids is 1. The van der Waals surface area contributed by atoms with Crippen LogP contribution in [0.25, 0.3) is 0 Å². The molecule has 5 heteroatoms. The predicted molar refractivity (Wildman–Crippen MR) is 65.8 cm³/mol. The molecule has 0 radical (unpaired) electrons. The van der Waals surface area contributed by atoms with Crippen LogP contribution >= 0.6 is 0 Å². The van der Waals surface area contributed by atoms with Crippen LogP contribution in [0, 0.1) is 12.3 Å². The van der Waals surface area contributed by atoms with E-state index in [4.69, 9.17) is 5.73 Å². The SMILES string of the molecule is Cc1cc(C(F)(F)F)ccc1C(=O)C1(CN)CCC1. The fraction of sp³-hybridized carbons (Fsp3) is 0.500. The van der Waals surface area contributed by atoms with E-state index in [1.165, 1.54) is 13.0 Å². The van der Waals surface area contributed by atoms with Crippen LogP contribution in [0.2, 0.25) is 0 Å². The third-order valence-electron chi connectivity index (χ3n) is 3.98. The van der Waals surface area contributed by atoms with Gasteiger partial charge in [-0.3, -0.25) is 4.79 Å². The molecule has 0 unspecified atom stereocenters. The van der Waals surface area contributed by atoms with Gasteiger partial charge in [0.2, 0.25) is 0 Å². The average Bonchev–Trinajstić information content (AvgIpc) is 2.26. The number of carbonyl (C=O) groups is 1. The number of Topliss-reactive ketones (excluding diaryl/α,β-unsaturated/α-hetero) is 1. The zero-order chi connectivity index (χ0) is 14.3. The van der Waals surface area contributed by atoms with E-state index in [1.54, 1.807) is 0 Å². The molecule has 1 aliphatic rings. The molecule has 0 bridgehead atoms. The highest BCUT2D eigenvalue weighted by Crippen LogP contribution is 2.43. The number of rotatable bonds is 3. The Kier molecular flexibility index (Phi) is 3.43. The van der Waals surface area contributed by atoms with E-state index in [2.05, 4.69) is 0 Å². The molecule has 104 valence electrons. The zero-order valence-corrected chi connectivity index (χ0v) is 10.7. The van der Waals surface area contributed by atoms with Gasteiger partial charge in [-0.2, -0.15) is 13.2 Å². The summed E-state index contributed by atoms with van der Waals surface area (Å²) in [5, 5.41) is 0. The van der Waals surface area contributed by atoms with Crippen LogP contribution in [0.4, 0.5) is 13.2 Å². The second-order valence-corrected chi connectivity index (χ2v) is 5.19. The van der Waals surface area contributed by atoms with Gasteiger partial charge in [0.05, 0.1) is 5.56 Å². The van der Waals surface area contributed by atoms with E-state index < -0.39 is 17.2 Å². The average molecular weight is 271 g/mol. The van der Waals surface area contributed by atoms with Gasteiger partial charge >= 0.3 is 6.18 Å². The van der Waals surface area contributed by atoms with Crippen LogP contribution in [0.3, 0.4) is 0 Å². The lowest BCUT2D eigenvalue weighted by Gasteiger charge is -2.39. The van der Waals surface area contributed by atoms with Crippen molar-refractivity contribution in [1.29, 1.82) is 0 Å². The first-order valence-corrected chi connectivity index (χ1v) is 6.23. The van der Waals surface area contributed by atoms with Crippen LogP contribution in [-0.2, 0) is 6.18 Å². The second kappa shape index (κ2) is 4.63. The van der Waals surface area contributed by atoms with E-state index in [0.717, 1.165) is 31.4 Å². The van der Waals surface area contributed by atoms with Gasteiger partial charge in [0.25, 0.3) is 0 Å². The Balaban J connectivity index is 2.34. The topological polar surface area (TPSA) is 43.1 Å². The van der Waals surface area contributed by atoms with Crippen molar-refractivity contribution in [2.24, 2.45) is 11.1 Å². The van der Waals surface area contributed by atoms with Crippen molar-refractivity contribution in [1.82, 2.24) is 0 Å². The quantitative estimate of drug-likeness (QED) is 0.857. The zero-order valence-electron chi connectivity index (χ0n) is 10.7. The first-order chi connectivity index (χ1) is 8.80. The minimum absolute atomic E-state index is 0.118. The summed E-state index contributed by atoms with van der Waals surface area (Å²) in [6.07, 6.45) is -1.98. The first-order valence-electron chi connectivity index (χ1n) is 6.23. The Hall–Kier alpha value is -1.36. The van der Waals surface area contributed by atoms with Crippen LogP contribution in [0.5, 0.6) is 0 Å². The summed E-state index contributed by atoms with van der Waals surface area (Å²) in [4.78, 5) is 12.4. The van der Waals surface area contributed by atoms with E-state index in [-0.39, 0.29) is 12.3 Å². The predicted octanol–water partition coefficient (Wildman–Crippen LogP) is 3.33. The number of hydrogen-bond acceptors (Lipinski definition) is 2. The Morgan fingerprint density at radius 2 is 2.00 bits per heavy atom. The molecule has 0 amide bonds. The molecule has 2 N–H and O–H groups in total. The van der Waals surface area contributed by atoms with E-state index >= 15 is 0 Å². The highest BCUT2D eigenvalue weighted by molar-refractivity contribution is 6.02. The summed E-state index contributed by atoms with van der Waals surface area (Å²) in [6.45, 7) is 1.79. The number of hydrogen-bond donors (Lipinski definition) is 1. The van der Waals surface area contributed by atoms with Crippen molar-refractivity contribution in [3.05, 3.63) is 34.9 Å². The molecule has 19 heavy (non-hydrogen) atoms. The maximum atomic E-state index is 12.6. The summed E-state index contributed by atoms with van der Waals surface area (Å²) < 4.78 is 37.7. The summed E-state index contributed by atoms with van der Waals surface area (Å²) >= 11 is 0. The Morgan fingerprint density at radius 1 is 1.37 bits per heavy atom. The maximum absolute atomic E-state index is 12.6. The van der Waals surface area contributed by atoms with Crippen LogP contribution in [0.1, 0.15) is 40.7 Å². The van der Waals surface area contributed by atoms with Crippen molar-refractivity contribution in [2.45, 2.75) is 32.4 Å². The second-order valence-electron chi connectivity index (χ2n) is 5.19. The Morgan fingerprint density at radius 3 is 2.37 bits per heavy atom. The van der Waals surface area contributed by atoms with Crippen molar-refractivity contribution in [2.75, 3.05) is 6.54 Å². The summed E-state index contributed by atoms with van der Waals surface area (Å²) in [7, 11) is 0. The minimum Gasteiger partial charge on any atom is -0.329 e. The smallest absolute Gasteiger partial charge is 0.329 e. The lowest BCUT2D eigenvalue weighted by molar-refractivity contribution is -0.137. The van der Waals surface area contributed by atoms with Crippen molar-refractivity contribution < 1.29 is 18.0 Å². The van der Waals surface area contributed by atoms with Crippen molar-refractivity contribution in [3.63, 3.8) is 0 Å². The highest BCUT2D eigenvalue weighted by atomic mass is 19.4. The van der Waals surface area contributed by atoms with Crippen LogP contribution in [-0.4, -0.2) is 12.3 Å². The van der Waals surface area contributed by atoms with Crippen molar-refractivity contribution >= 4 is 5.78 Å². The molecule has 0 aromatic heterocycles. The first kappa shape index (κ1) is 14.1. The van der Waals surface area contributed by atoms with Crippen molar-refractivity contribution in [3.8, 4) is 0 Å². The molecule has 1 aromatic rings. The Bertz CT molecular complexity index is 498. The lowest BCUT2D eigenvalue weighted by atomic mass is 9.64. The number of alkyl halides is 3. The third kappa shape index (κ3) is 2.39. The maximum Gasteiger partial charge on any atom is 0.416 e. The minimum atomic E-state index is -4.38. The summed E-state index contributed by atoms with van der Waals surface area (Å²) in [6, 6.07) is 3.26. The lowest BCUT2D eigenvalue weighted by Crippen LogP contribution is -2.44. The van der Waals surface area contributed by atoms with Gasteiger partial charge in [0.15, 0.2) is 5.78 Å². The number of halogens is 3. The third-order valence-corrected chi connectivity index (χ3v) is 3.98. The molecule has 0 saturated heterocycles. The van der Waals surface area contributed by atoms with Gasteiger partial charge in [-0.1, -0.05) is 12.5 Å². The molecular formula is C14H16F3NO. The van der Waals surface area contributed by atoms with Crippen LogP contribution < -0.4 is 5.73 Å². The molecule has 2 nitrogen and oxygen atoms in total. The molecule has 1 saturated carbocycles. The molecule has 0 atom stereocenters. The molecular weight excluding hydrogens is 255 g/mol. The van der Waals surface area contributed by atoms with Gasteiger partial charge in [-0.25, -0.2) is 0 Å². The molecule has 0 spiro atoms. The molecule has 2 rings (SSSR count). The highest BCUT2D eigenvalue weighted by Gasteiger charge is 2.43. The van der Waals surface area contributed by atoms with Gasteiger partial charge in [0, 0.05) is 17.5 Å². The van der Waals surface area contributed by atoms with Gasteiger partial charge in [-0.15, -0.1) is 0 Å². The number of ketones is 1. The number of benzene rings is 1. The van der Waals surface area contributed by atoms with Gasteiger partial charge in [0.1, 0.15) is 0 Å². The summed E-state index contributed by atoms with van der Waals surface area (Å²) in [5.74, 6) is -0.118. The molecule has 0 aliphatic heterocycles. The fourth-order valence-electron chi connectivity index (χ4n) is 2.51. The normalized spacial score (nSPS) is 17.9. The number of nitrogens with two attached hydrogens (primary N) is 1. The monoisotopic (exact) mass is 271 g/mol. The molecule has 1 aliphatic carbocycles. The van der Waals surface area contributed by atoms with E-state index in [9.17, 15) is 18.0 Å². The molecule has 1 fully saturated rings. The van der Waals surface area contributed by atoms with Gasteiger partial charge < -0.3 is 5.73 Å². The van der Waals surface area contributed by atoms with Gasteiger partial charge in [-0.05, 0) is 37.5 Å². The Labute approximate surface area is 109 Å². The molecule has 0 heterocycles. The number of aryl methyl sites for hydroxylation is 1. The van der Waals surface area contributed by atoms with Crippen LogP contribution in [0.15, 0.2) is 18.2 Å². The van der Waals surface area contributed by atoms with E-state index in [1.807, 2.05) is 0 Å². The summed E-state index contributed by atoms with van der Waals surface area (Å²) in [5.41, 5.74) is 5.10. The standard InChI is InChI=1S/C14H16F3NO/c1-9-7-10(14(15,16)17)3-4-11(9)12(19)13(8-18)5-2-6-13/h3-4,7H,2,5-6,8,18H2,1H3. The fourth-order valence-corrected chi connectivity index (χ4v) is 2.51.